The SMILES string of the molecule is Cc1c(C2CC2)cc(N)nc1Cl. The smallest absolute Gasteiger partial charge is 0.134 e. The van der Waals surface area contributed by atoms with Crippen molar-refractivity contribution in [1.82, 2.24) is 4.98 Å². The molecule has 1 aromatic rings. The fraction of sp³-hybridized carbons (Fsp3) is 0.444. The maximum atomic E-state index is 5.90. The molecule has 0 unspecified atom stereocenters. The van der Waals surface area contributed by atoms with Gasteiger partial charge in [0.2, 0.25) is 0 Å². The predicted octanol–water partition coefficient (Wildman–Crippen LogP) is 2.50. The van der Waals surface area contributed by atoms with Gasteiger partial charge in [-0.15, -0.1) is 0 Å². The van der Waals surface area contributed by atoms with Gasteiger partial charge >= 0.3 is 0 Å². The maximum Gasteiger partial charge on any atom is 0.134 e. The lowest BCUT2D eigenvalue weighted by molar-refractivity contribution is 1.08. The van der Waals surface area contributed by atoms with Gasteiger partial charge in [0.05, 0.1) is 0 Å². The van der Waals surface area contributed by atoms with E-state index in [-0.39, 0.29) is 0 Å². The summed E-state index contributed by atoms with van der Waals surface area (Å²) in [6.45, 7) is 2.00. The molecule has 2 rings (SSSR count). The second kappa shape index (κ2) is 2.63. The van der Waals surface area contributed by atoms with Crippen LogP contribution in [0.5, 0.6) is 0 Å². The Labute approximate surface area is 76.7 Å². The van der Waals surface area contributed by atoms with Crippen LogP contribution in [0.1, 0.15) is 29.9 Å². The monoisotopic (exact) mass is 182 g/mol. The van der Waals surface area contributed by atoms with Crippen LogP contribution in [0.2, 0.25) is 5.15 Å². The van der Waals surface area contributed by atoms with Crippen LogP contribution in [0.3, 0.4) is 0 Å². The number of hydrogen-bond donors (Lipinski definition) is 1. The van der Waals surface area contributed by atoms with E-state index in [9.17, 15) is 0 Å². The van der Waals surface area contributed by atoms with Crippen LogP contribution in [-0.2, 0) is 0 Å². The van der Waals surface area contributed by atoms with Gasteiger partial charge < -0.3 is 5.73 Å². The molecule has 0 bridgehead atoms. The quantitative estimate of drug-likeness (QED) is 0.678. The number of nitrogens with two attached hydrogens (primary N) is 1. The number of pyridine rings is 1. The summed E-state index contributed by atoms with van der Waals surface area (Å²) in [6.07, 6.45) is 2.53. The van der Waals surface area contributed by atoms with Crippen molar-refractivity contribution < 1.29 is 0 Å². The maximum absolute atomic E-state index is 5.90. The van der Waals surface area contributed by atoms with Gasteiger partial charge in [-0.2, -0.15) is 0 Å². The molecule has 0 amide bonds. The van der Waals surface area contributed by atoms with Crippen molar-refractivity contribution in [2.75, 3.05) is 5.73 Å². The molecule has 0 atom stereocenters. The zero-order chi connectivity index (χ0) is 8.72. The topological polar surface area (TPSA) is 38.9 Å². The van der Waals surface area contributed by atoms with Crippen LogP contribution in [0.4, 0.5) is 5.82 Å². The Morgan fingerprint density at radius 1 is 1.58 bits per heavy atom. The molecule has 2 nitrogen and oxygen atoms in total. The standard InChI is InChI=1S/C9H11ClN2/c1-5-7(6-2-3-6)4-8(11)12-9(5)10/h4,6H,2-3H2,1H3,(H2,11,12). The lowest BCUT2D eigenvalue weighted by Crippen LogP contribution is -1.96. The lowest BCUT2D eigenvalue weighted by Gasteiger charge is -2.06. The van der Waals surface area contributed by atoms with Crippen LogP contribution >= 0.6 is 11.6 Å². The Balaban J connectivity index is 2.51. The van der Waals surface area contributed by atoms with Crippen molar-refractivity contribution in [2.45, 2.75) is 25.7 Å². The van der Waals surface area contributed by atoms with Crippen molar-refractivity contribution >= 4 is 17.4 Å². The molecule has 0 spiro atoms. The third kappa shape index (κ3) is 1.27. The molecule has 12 heavy (non-hydrogen) atoms. The first-order chi connectivity index (χ1) is 5.68. The minimum absolute atomic E-state index is 0.535. The summed E-state index contributed by atoms with van der Waals surface area (Å²) >= 11 is 5.90. The predicted molar refractivity (Wildman–Crippen MR) is 50.4 cm³/mol. The minimum Gasteiger partial charge on any atom is -0.384 e. The van der Waals surface area contributed by atoms with Gasteiger partial charge in [-0.3, -0.25) is 0 Å². The second-order valence-electron chi connectivity index (χ2n) is 3.33. The zero-order valence-corrected chi connectivity index (χ0v) is 7.73. The molecular formula is C9H11ClN2. The third-order valence-corrected chi connectivity index (χ3v) is 2.66. The molecule has 0 radical (unpaired) electrons. The highest BCUT2D eigenvalue weighted by Gasteiger charge is 2.26. The average Bonchev–Trinajstić information content (AvgIpc) is 2.79. The normalized spacial score (nSPS) is 16.5. The Kier molecular flexibility index (Phi) is 1.72. The van der Waals surface area contributed by atoms with E-state index < -0.39 is 0 Å². The minimum atomic E-state index is 0.535. The van der Waals surface area contributed by atoms with Gasteiger partial charge in [0.1, 0.15) is 11.0 Å². The first kappa shape index (κ1) is 7.87. The molecule has 0 aromatic carbocycles. The van der Waals surface area contributed by atoms with Gasteiger partial charge in [-0.1, -0.05) is 11.6 Å². The molecule has 2 N–H and O–H groups in total. The largest absolute Gasteiger partial charge is 0.384 e. The Bertz CT molecular complexity index is 319. The molecule has 0 aliphatic heterocycles. The summed E-state index contributed by atoms with van der Waals surface area (Å²) in [5.41, 5.74) is 7.97. The molecule has 0 saturated heterocycles. The number of nitrogens with zero attached hydrogens (tertiary/aromatic N) is 1. The number of aromatic nitrogens is 1. The van der Waals surface area contributed by atoms with Crippen molar-refractivity contribution in [3.63, 3.8) is 0 Å². The van der Waals surface area contributed by atoms with Crippen molar-refractivity contribution in [1.29, 1.82) is 0 Å². The van der Waals surface area contributed by atoms with Crippen LogP contribution in [0.25, 0.3) is 0 Å². The highest BCUT2D eigenvalue weighted by Crippen LogP contribution is 2.43. The second-order valence-corrected chi connectivity index (χ2v) is 3.68. The number of anilines is 1. The fourth-order valence-corrected chi connectivity index (χ4v) is 1.64. The summed E-state index contributed by atoms with van der Waals surface area (Å²) in [5, 5.41) is 0.553. The van der Waals surface area contributed by atoms with Crippen molar-refractivity contribution in [3.05, 3.63) is 22.3 Å². The van der Waals surface area contributed by atoms with E-state index in [2.05, 4.69) is 4.98 Å². The average molecular weight is 183 g/mol. The number of halogens is 1. The summed E-state index contributed by atoms with van der Waals surface area (Å²) in [5.74, 6) is 1.22. The van der Waals surface area contributed by atoms with Crippen molar-refractivity contribution in [2.24, 2.45) is 0 Å². The summed E-state index contributed by atoms with van der Waals surface area (Å²) in [4.78, 5) is 3.99. The van der Waals surface area contributed by atoms with Crippen LogP contribution in [0, 0.1) is 6.92 Å². The summed E-state index contributed by atoms with van der Waals surface area (Å²) in [7, 11) is 0. The van der Waals surface area contributed by atoms with Gasteiger partial charge in [0.15, 0.2) is 0 Å². The number of nitrogen functional groups attached to an aromatic ring is 1. The Morgan fingerprint density at radius 2 is 2.25 bits per heavy atom. The Morgan fingerprint density at radius 3 is 2.83 bits per heavy atom. The van der Waals surface area contributed by atoms with E-state index in [1.54, 1.807) is 0 Å². The highest BCUT2D eigenvalue weighted by atomic mass is 35.5. The van der Waals surface area contributed by atoms with Crippen LogP contribution < -0.4 is 5.73 Å². The van der Waals surface area contributed by atoms with Gasteiger partial charge in [-0.25, -0.2) is 4.98 Å². The third-order valence-electron chi connectivity index (χ3n) is 2.29. The molecule has 1 fully saturated rings. The van der Waals surface area contributed by atoms with Gasteiger partial charge in [-0.05, 0) is 42.9 Å². The van der Waals surface area contributed by atoms with Crippen molar-refractivity contribution in [3.8, 4) is 0 Å². The van der Waals surface area contributed by atoms with E-state index in [1.165, 1.54) is 18.4 Å². The molecule has 64 valence electrons. The van der Waals surface area contributed by atoms with Crippen LogP contribution in [0.15, 0.2) is 6.07 Å². The lowest BCUT2D eigenvalue weighted by atomic mass is 10.1. The molecule has 1 aliphatic carbocycles. The zero-order valence-electron chi connectivity index (χ0n) is 6.97. The van der Waals surface area contributed by atoms with E-state index in [4.69, 9.17) is 17.3 Å². The summed E-state index contributed by atoms with van der Waals surface area (Å²) in [6, 6.07) is 1.94. The molecule has 1 aliphatic rings. The highest BCUT2D eigenvalue weighted by molar-refractivity contribution is 6.30. The van der Waals surface area contributed by atoms with E-state index in [1.807, 2.05) is 13.0 Å². The Hall–Kier alpha value is -0.760. The summed E-state index contributed by atoms with van der Waals surface area (Å²) < 4.78 is 0. The molecule has 1 heterocycles. The van der Waals surface area contributed by atoms with Crippen LogP contribution in [-0.4, -0.2) is 4.98 Å². The first-order valence-corrected chi connectivity index (χ1v) is 4.49. The molecule has 3 heteroatoms. The van der Waals surface area contributed by atoms with E-state index in [0.29, 0.717) is 16.9 Å². The number of hydrogen-bond acceptors (Lipinski definition) is 2. The first-order valence-electron chi connectivity index (χ1n) is 4.11. The van der Waals surface area contributed by atoms with Gasteiger partial charge in [0, 0.05) is 0 Å². The molecule has 1 saturated carbocycles. The van der Waals surface area contributed by atoms with E-state index >= 15 is 0 Å². The molecule has 1 aromatic heterocycles. The molecular weight excluding hydrogens is 172 g/mol. The van der Waals surface area contributed by atoms with Gasteiger partial charge in [0.25, 0.3) is 0 Å². The van der Waals surface area contributed by atoms with E-state index in [0.717, 1.165) is 5.56 Å². The number of rotatable bonds is 1. The fourth-order valence-electron chi connectivity index (χ4n) is 1.43.